The van der Waals surface area contributed by atoms with E-state index in [1.54, 1.807) is 6.07 Å². The number of nitrogens with one attached hydrogen (secondary N) is 1. The van der Waals surface area contributed by atoms with E-state index >= 15 is 0 Å². The molecule has 1 aromatic rings. The summed E-state index contributed by atoms with van der Waals surface area (Å²) in [5.74, 6) is 0.184. The van der Waals surface area contributed by atoms with Crippen molar-refractivity contribution in [2.75, 3.05) is 5.32 Å². The Morgan fingerprint density at radius 3 is 2.61 bits per heavy atom. The molecule has 96 valence electrons. The topological polar surface area (TPSA) is 55.1 Å². The Morgan fingerprint density at radius 2 is 2.17 bits per heavy atom. The van der Waals surface area contributed by atoms with E-state index in [1.165, 1.54) is 0 Å². The molecule has 2 rings (SSSR count). The van der Waals surface area contributed by atoms with Crippen molar-refractivity contribution in [1.82, 2.24) is 0 Å². The van der Waals surface area contributed by atoms with Gasteiger partial charge in [-0.3, -0.25) is 4.79 Å². The van der Waals surface area contributed by atoms with Gasteiger partial charge in [0.1, 0.15) is 4.99 Å². The Kier molecular flexibility index (Phi) is 3.47. The molecule has 0 spiro atoms. The van der Waals surface area contributed by atoms with Crippen LogP contribution in [0.15, 0.2) is 22.7 Å². The number of benzene rings is 1. The molecular formula is C13H15BrN2OS. The Morgan fingerprint density at radius 1 is 1.56 bits per heavy atom. The zero-order valence-electron chi connectivity index (χ0n) is 10.3. The summed E-state index contributed by atoms with van der Waals surface area (Å²) in [6.07, 6.45) is 0.946. The number of hydrogen-bond donors (Lipinski definition) is 2. The molecule has 1 aromatic carbocycles. The second-order valence-corrected chi connectivity index (χ2v) is 6.59. The van der Waals surface area contributed by atoms with Crippen molar-refractivity contribution >= 4 is 44.7 Å². The average molecular weight is 327 g/mol. The van der Waals surface area contributed by atoms with Crippen molar-refractivity contribution in [1.29, 1.82) is 0 Å². The zero-order valence-corrected chi connectivity index (χ0v) is 12.7. The van der Waals surface area contributed by atoms with Crippen LogP contribution in [0.4, 0.5) is 5.69 Å². The molecule has 1 aliphatic carbocycles. The van der Waals surface area contributed by atoms with Crippen molar-refractivity contribution in [3.05, 3.63) is 28.2 Å². The minimum Gasteiger partial charge on any atom is -0.389 e. The zero-order chi connectivity index (χ0) is 13.5. The van der Waals surface area contributed by atoms with E-state index in [0.717, 1.165) is 22.1 Å². The van der Waals surface area contributed by atoms with Gasteiger partial charge in [0, 0.05) is 16.0 Å². The second kappa shape index (κ2) is 4.63. The fourth-order valence-corrected chi connectivity index (χ4v) is 2.51. The Balaban J connectivity index is 2.11. The number of nitrogens with two attached hydrogens (primary N) is 1. The summed E-state index contributed by atoms with van der Waals surface area (Å²) in [4.78, 5) is 12.3. The molecule has 0 radical (unpaired) electrons. The fraction of sp³-hybridized carbons (Fsp3) is 0.385. The van der Waals surface area contributed by atoms with E-state index in [1.807, 2.05) is 12.1 Å². The van der Waals surface area contributed by atoms with Crippen LogP contribution in [0.5, 0.6) is 0 Å². The van der Waals surface area contributed by atoms with Gasteiger partial charge in [-0.05, 0) is 46.0 Å². The molecule has 0 bridgehead atoms. The second-order valence-electron chi connectivity index (χ2n) is 5.29. The van der Waals surface area contributed by atoms with Crippen LogP contribution in [0.2, 0.25) is 0 Å². The SMILES string of the molecule is CC1(C)CC1C(=O)Nc1ccc(C(N)=S)cc1Br. The lowest BCUT2D eigenvalue weighted by molar-refractivity contribution is -0.118. The molecule has 18 heavy (non-hydrogen) atoms. The maximum atomic E-state index is 12.0. The van der Waals surface area contributed by atoms with Crippen molar-refractivity contribution in [3.63, 3.8) is 0 Å². The lowest BCUT2D eigenvalue weighted by Gasteiger charge is -2.09. The van der Waals surface area contributed by atoms with Crippen LogP contribution >= 0.6 is 28.1 Å². The van der Waals surface area contributed by atoms with Gasteiger partial charge in [0.15, 0.2) is 0 Å². The van der Waals surface area contributed by atoms with Crippen LogP contribution < -0.4 is 11.1 Å². The van der Waals surface area contributed by atoms with E-state index in [2.05, 4.69) is 35.1 Å². The highest BCUT2D eigenvalue weighted by atomic mass is 79.9. The number of hydrogen-bond acceptors (Lipinski definition) is 2. The van der Waals surface area contributed by atoms with Gasteiger partial charge >= 0.3 is 0 Å². The number of halogens is 1. The normalized spacial score (nSPS) is 20.3. The van der Waals surface area contributed by atoms with E-state index < -0.39 is 0 Å². The first-order valence-corrected chi connectivity index (χ1v) is 6.91. The number of thiocarbonyl (C=S) groups is 1. The van der Waals surface area contributed by atoms with Gasteiger partial charge < -0.3 is 11.1 Å². The summed E-state index contributed by atoms with van der Waals surface area (Å²) < 4.78 is 0.791. The van der Waals surface area contributed by atoms with Crippen molar-refractivity contribution < 1.29 is 4.79 Å². The van der Waals surface area contributed by atoms with Crippen LogP contribution in [0.3, 0.4) is 0 Å². The number of anilines is 1. The number of rotatable bonds is 3. The van der Waals surface area contributed by atoms with Crippen molar-refractivity contribution in [3.8, 4) is 0 Å². The lowest BCUT2D eigenvalue weighted by Crippen LogP contribution is -2.17. The highest BCUT2D eigenvalue weighted by molar-refractivity contribution is 9.10. The minimum absolute atomic E-state index is 0.0729. The van der Waals surface area contributed by atoms with Crippen molar-refractivity contribution in [2.24, 2.45) is 17.1 Å². The van der Waals surface area contributed by atoms with Crippen molar-refractivity contribution in [2.45, 2.75) is 20.3 Å². The van der Waals surface area contributed by atoms with Gasteiger partial charge in [0.05, 0.1) is 5.69 Å². The van der Waals surface area contributed by atoms with Gasteiger partial charge in [0.25, 0.3) is 0 Å². The summed E-state index contributed by atoms with van der Waals surface area (Å²) in [6, 6.07) is 5.43. The molecule has 0 aromatic heterocycles. The smallest absolute Gasteiger partial charge is 0.228 e. The predicted molar refractivity (Wildman–Crippen MR) is 80.5 cm³/mol. The van der Waals surface area contributed by atoms with E-state index in [0.29, 0.717) is 4.99 Å². The Labute approximate surface area is 120 Å². The molecule has 3 N–H and O–H groups in total. The van der Waals surface area contributed by atoms with Gasteiger partial charge in [-0.15, -0.1) is 0 Å². The third-order valence-corrected chi connectivity index (χ3v) is 4.23. The average Bonchev–Trinajstić information content (AvgIpc) is 2.90. The standard InChI is InChI=1S/C13H15BrN2OS/c1-13(2)6-8(13)12(17)16-10-4-3-7(11(15)18)5-9(10)14/h3-5,8H,6H2,1-2H3,(H2,15,18)(H,16,17). The van der Waals surface area contributed by atoms with E-state index in [9.17, 15) is 4.79 Å². The molecule has 1 atom stereocenters. The first-order valence-electron chi connectivity index (χ1n) is 5.71. The summed E-state index contributed by atoms with van der Waals surface area (Å²) in [6.45, 7) is 4.20. The molecule has 3 nitrogen and oxygen atoms in total. The van der Waals surface area contributed by atoms with E-state index in [-0.39, 0.29) is 17.2 Å². The molecule has 5 heteroatoms. The molecule has 1 aliphatic rings. The first-order chi connectivity index (χ1) is 8.31. The Bertz CT molecular complexity index is 528. The largest absolute Gasteiger partial charge is 0.389 e. The highest BCUT2D eigenvalue weighted by Gasteiger charge is 2.50. The summed E-state index contributed by atoms with van der Waals surface area (Å²) in [5, 5.41) is 2.92. The monoisotopic (exact) mass is 326 g/mol. The summed E-state index contributed by atoms with van der Waals surface area (Å²) in [7, 11) is 0. The number of carbonyl (C=O) groups excluding carboxylic acids is 1. The molecule has 1 unspecified atom stereocenters. The van der Waals surface area contributed by atoms with E-state index in [4.69, 9.17) is 18.0 Å². The molecule has 1 fully saturated rings. The van der Waals surface area contributed by atoms with Gasteiger partial charge in [-0.1, -0.05) is 26.1 Å². The molecule has 0 aliphatic heterocycles. The summed E-state index contributed by atoms with van der Waals surface area (Å²) >= 11 is 8.32. The minimum atomic E-state index is 0.0729. The lowest BCUT2D eigenvalue weighted by atomic mass is 10.1. The quantitative estimate of drug-likeness (QED) is 0.839. The van der Waals surface area contributed by atoms with Crippen LogP contribution in [0.25, 0.3) is 0 Å². The third kappa shape index (κ3) is 2.72. The number of amides is 1. The van der Waals surface area contributed by atoms with Gasteiger partial charge in [-0.2, -0.15) is 0 Å². The molecule has 0 saturated heterocycles. The van der Waals surface area contributed by atoms with Crippen LogP contribution in [0.1, 0.15) is 25.8 Å². The maximum Gasteiger partial charge on any atom is 0.228 e. The molecule has 1 amide bonds. The molecule has 0 heterocycles. The predicted octanol–water partition coefficient (Wildman–Crippen LogP) is 3.07. The van der Waals surface area contributed by atoms with Crippen LogP contribution in [-0.2, 0) is 4.79 Å². The molecular weight excluding hydrogens is 312 g/mol. The Hall–Kier alpha value is -0.940. The third-order valence-electron chi connectivity index (χ3n) is 3.34. The maximum absolute atomic E-state index is 12.0. The fourth-order valence-electron chi connectivity index (χ4n) is 1.90. The highest BCUT2D eigenvalue weighted by Crippen LogP contribution is 2.52. The van der Waals surface area contributed by atoms with Gasteiger partial charge in [-0.25, -0.2) is 0 Å². The van der Waals surface area contributed by atoms with Gasteiger partial charge in [0.2, 0.25) is 5.91 Å². The first kappa shape index (κ1) is 13.5. The number of carbonyl (C=O) groups is 1. The molecule has 1 saturated carbocycles. The van der Waals surface area contributed by atoms with Crippen LogP contribution in [0, 0.1) is 11.3 Å². The van der Waals surface area contributed by atoms with Crippen LogP contribution in [-0.4, -0.2) is 10.9 Å². The summed E-state index contributed by atoms with van der Waals surface area (Å²) in [5.41, 5.74) is 7.22.